The molecule has 0 radical (unpaired) electrons. The fourth-order valence-corrected chi connectivity index (χ4v) is 0.908. The minimum absolute atomic E-state index is 0.0304. The maximum absolute atomic E-state index is 10.7. The first-order chi connectivity index (χ1) is 5.47. The van der Waals surface area contributed by atoms with Crippen LogP contribution in [0, 0.1) is 0 Å². The van der Waals surface area contributed by atoms with E-state index in [0.717, 1.165) is 5.71 Å². The number of nitrogens with zero attached hydrogens (tertiary/aromatic N) is 1. The standard InChI is InChI=1S/C10H13NO/c1-10(2,3)11-8-4-6-9(12)7-5-8/h4-7H,1-3H3. The molecule has 1 rings (SSSR count). The Morgan fingerprint density at radius 3 is 2.00 bits per heavy atom. The Bertz CT molecular complexity index is 259. The summed E-state index contributed by atoms with van der Waals surface area (Å²) in [5.41, 5.74) is 0.784. The van der Waals surface area contributed by atoms with Crippen molar-refractivity contribution in [3.05, 3.63) is 24.3 Å². The molecule has 2 nitrogen and oxygen atoms in total. The molecule has 64 valence electrons. The summed E-state index contributed by atoms with van der Waals surface area (Å²) in [6, 6.07) is 0. The predicted octanol–water partition coefficient (Wildman–Crippen LogP) is 1.92. The molecule has 12 heavy (non-hydrogen) atoms. The Labute approximate surface area is 72.7 Å². The van der Waals surface area contributed by atoms with Gasteiger partial charge in [-0.1, -0.05) is 0 Å². The summed E-state index contributed by atoms with van der Waals surface area (Å²) < 4.78 is 0. The minimum atomic E-state index is -0.0790. The van der Waals surface area contributed by atoms with E-state index in [0.29, 0.717) is 0 Å². The average Bonchev–Trinajstić information content (AvgIpc) is 1.91. The smallest absolute Gasteiger partial charge is 0.178 e. The van der Waals surface area contributed by atoms with E-state index in [2.05, 4.69) is 4.99 Å². The first kappa shape index (κ1) is 8.91. The Kier molecular flexibility index (Phi) is 2.27. The van der Waals surface area contributed by atoms with Crippen LogP contribution in [0.25, 0.3) is 0 Å². The van der Waals surface area contributed by atoms with E-state index >= 15 is 0 Å². The molecule has 0 aromatic heterocycles. The van der Waals surface area contributed by atoms with Crippen LogP contribution in [0.5, 0.6) is 0 Å². The molecular weight excluding hydrogens is 150 g/mol. The van der Waals surface area contributed by atoms with E-state index in [1.807, 2.05) is 20.8 Å². The van der Waals surface area contributed by atoms with Gasteiger partial charge in [-0.15, -0.1) is 0 Å². The molecule has 0 bridgehead atoms. The maximum Gasteiger partial charge on any atom is 0.178 e. The lowest BCUT2D eigenvalue weighted by molar-refractivity contribution is -0.110. The van der Waals surface area contributed by atoms with Crippen molar-refractivity contribution in [3.8, 4) is 0 Å². The van der Waals surface area contributed by atoms with Crippen molar-refractivity contribution >= 4 is 11.5 Å². The molecule has 0 aromatic rings. The first-order valence-electron chi connectivity index (χ1n) is 3.97. The van der Waals surface area contributed by atoms with Crippen LogP contribution in [0.15, 0.2) is 29.3 Å². The van der Waals surface area contributed by atoms with Crippen LogP contribution in [0.1, 0.15) is 20.8 Å². The van der Waals surface area contributed by atoms with Crippen molar-refractivity contribution in [2.24, 2.45) is 4.99 Å². The van der Waals surface area contributed by atoms with E-state index < -0.39 is 0 Å². The summed E-state index contributed by atoms with van der Waals surface area (Å²) in [5.74, 6) is 0.0304. The molecule has 0 atom stereocenters. The quantitative estimate of drug-likeness (QED) is 0.502. The van der Waals surface area contributed by atoms with E-state index in [4.69, 9.17) is 0 Å². The van der Waals surface area contributed by atoms with Crippen molar-refractivity contribution in [3.63, 3.8) is 0 Å². The first-order valence-corrected chi connectivity index (χ1v) is 3.97. The molecule has 0 aliphatic heterocycles. The number of hydrogen-bond donors (Lipinski definition) is 0. The Balaban J connectivity index is 2.81. The predicted molar refractivity (Wildman–Crippen MR) is 50.5 cm³/mol. The summed E-state index contributed by atoms with van der Waals surface area (Å²) in [5, 5.41) is 0. The second-order valence-corrected chi connectivity index (χ2v) is 3.78. The maximum atomic E-state index is 10.7. The van der Waals surface area contributed by atoms with Gasteiger partial charge in [0.05, 0.1) is 11.3 Å². The van der Waals surface area contributed by atoms with Gasteiger partial charge in [0.1, 0.15) is 0 Å². The van der Waals surface area contributed by atoms with Gasteiger partial charge in [0.2, 0.25) is 0 Å². The van der Waals surface area contributed by atoms with Crippen LogP contribution >= 0.6 is 0 Å². The van der Waals surface area contributed by atoms with Crippen molar-refractivity contribution in [2.45, 2.75) is 26.3 Å². The SMILES string of the molecule is CC(C)(C)N=C1C=CC(=O)C=C1. The van der Waals surface area contributed by atoms with Crippen LogP contribution in [-0.4, -0.2) is 17.0 Å². The fraction of sp³-hybridized carbons (Fsp3) is 0.400. The summed E-state index contributed by atoms with van der Waals surface area (Å²) in [6.07, 6.45) is 6.55. The van der Waals surface area contributed by atoms with Crippen LogP contribution < -0.4 is 0 Å². The molecule has 0 fully saturated rings. The number of carbonyl (C=O) groups is 1. The van der Waals surface area contributed by atoms with Crippen molar-refractivity contribution in [1.82, 2.24) is 0 Å². The number of ketones is 1. The number of rotatable bonds is 0. The van der Waals surface area contributed by atoms with Crippen molar-refractivity contribution in [1.29, 1.82) is 0 Å². The largest absolute Gasteiger partial charge is 0.290 e. The van der Waals surface area contributed by atoms with E-state index in [-0.39, 0.29) is 11.3 Å². The lowest BCUT2D eigenvalue weighted by Gasteiger charge is -2.13. The third-order valence-electron chi connectivity index (χ3n) is 1.30. The summed E-state index contributed by atoms with van der Waals surface area (Å²) >= 11 is 0. The van der Waals surface area contributed by atoms with Crippen molar-refractivity contribution < 1.29 is 4.79 Å². The summed E-state index contributed by atoms with van der Waals surface area (Å²) in [7, 11) is 0. The molecule has 1 aliphatic carbocycles. The molecule has 0 saturated heterocycles. The zero-order valence-corrected chi connectivity index (χ0v) is 7.66. The Morgan fingerprint density at radius 1 is 1.08 bits per heavy atom. The molecule has 0 saturated carbocycles. The zero-order chi connectivity index (χ0) is 9.19. The van der Waals surface area contributed by atoms with Crippen LogP contribution in [0.2, 0.25) is 0 Å². The monoisotopic (exact) mass is 163 g/mol. The fourth-order valence-electron chi connectivity index (χ4n) is 0.908. The highest BCUT2D eigenvalue weighted by atomic mass is 16.1. The summed E-state index contributed by atoms with van der Waals surface area (Å²) in [6.45, 7) is 6.08. The normalized spacial score (nSPS) is 16.9. The molecule has 1 aliphatic rings. The number of aliphatic imine (C=N–C) groups is 1. The molecule has 0 aromatic carbocycles. The molecular formula is C10H13NO. The van der Waals surface area contributed by atoms with E-state index in [9.17, 15) is 4.79 Å². The zero-order valence-electron chi connectivity index (χ0n) is 7.66. The van der Waals surface area contributed by atoms with Crippen molar-refractivity contribution in [2.75, 3.05) is 0 Å². The van der Waals surface area contributed by atoms with Gasteiger partial charge in [-0.25, -0.2) is 0 Å². The Morgan fingerprint density at radius 2 is 1.58 bits per heavy atom. The Hall–Kier alpha value is -1.18. The van der Waals surface area contributed by atoms with Gasteiger partial charge < -0.3 is 0 Å². The van der Waals surface area contributed by atoms with Gasteiger partial charge in [-0.2, -0.15) is 0 Å². The van der Waals surface area contributed by atoms with Gasteiger partial charge in [0.25, 0.3) is 0 Å². The average molecular weight is 163 g/mol. The molecule has 2 heteroatoms. The van der Waals surface area contributed by atoms with Gasteiger partial charge >= 0.3 is 0 Å². The van der Waals surface area contributed by atoms with Crippen LogP contribution in [0.4, 0.5) is 0 Å². The second-order valence-electron chi connectivity index (χ2n) is 3.78. The number of hydrogen-bond acceptors (Lipinski definition) is 2. The van der Waals surface area contributed by atoms with Gasteiger partial charge in [-0.05, 0) is 45.1 Å². The molecule has 0 spiro atoms. The summed E-state index contributed by atoms with van der Waals surface area (Å²) in [4.78, 5) is 15.1. The molecule has 0 unspecified atom stereocenters. The van der Waals surface area contributed by atoms with Crippen LogP contribution in [0.3, 0.4) is 0 Å². The van der Waals surface area contributed by atoms with Crippen LogP contribution in [-0.2, 0) is 4.79 Å². The molecule has 0 heterocycles. The minimum Gasteiger partial charge on any atom is -0.290 e. The highest BCUT2D eigenvalue weighted by Gasteiger charge is 2.08. The lowest BCUT2D eigenvalue weighted by Crippen LogP contribution is -2.13. The lowest BCUT2D eigenvalue weighted by atomic mass is 10.1. The molecule has 0 amide bonds. The van der Waals surface area contributed by atoms with Gasteiger partial charge in [0.15, 0.2) is 5.78 Å². The third kappa shape index (κ3) is 2.82. The third-order valence-corrected chi connectivity index (χ3v) is 1.30. The van der Waals surface area contributed by atoms with Gasteiger partial charge in [0, 0.05) is 0 Å². The topological polar surface area (TPSA) is 29.4 Å². The number of carbonyl (C=O) groups excluding carboxylic acids is 1. The highest BCUT2D eigenvalue weighted by molar-refractivity contribution is 6.16. The van der Waals surface area contributed by atoms with E-state index in [1.165, 1.54) is 12.2 Å². The number of allylic oxidation sites excluding steroid dienone is 4. The van der Waals surface area contributed by atoms with E-state index in [1.54, 1.807) is 12.2 Å². The highest BCUT2D eigenvalue weighted by Crippen LogP contribution is 2.08. The molecule has 0 N–H and O–H groups in total. The second kappa shape index (κ2) is 3.05. The van der Waals surface area contributed by atoms with Gasteiger partial charge in [-0.3, -0.25) is 9.79 Å².